The average Bonchev–Trinajstić information content (AvgIpc) is 2.53. The topological polar surface area (TPSA) is 61.6 Å². The van der Waals surface area contributed by atoms with Crippen LogP contribution in [0.15, 0.2) is 30.3 Å². The minimum Gasteiger partial charge on any atom is -0.312 e. The number of nitrogens with zero attached hydrogens (tertiary/aromatic N) is 3. The summed E-state index contributed by atoms with van der Waals surface area (Å²) in [4.78, 5) is 9.04. The molecule has 4 heteroatoms. The van der Waals surface area contributed by atoms with Gasteiger partial charge in [-0.3, -0.25) is 0 Å². The largest absolute Gasteiger partial charge is 0.312 e. The molecular weight excluding hydrogens is 248 g/mol. The van der Waals surface area contributed by atoms with E-state index in [0.717, 1.165) is 42.9 Å². The molecule has 1 aliphatic rings. The van der Waals surface area contributed by atoms with E-state index in [2.05, 4.69) is 33.5 Å². The third kappa shape index (κ3) is 2.68. The van der Waals surface area contributed by atoms with Crippen LogP contribution < -0.4 is 5.32 Å². The number of nitriles is 1. The van der Waals surface area contributed by atoms with E-state index in [0.29, 0.717) is 12.2 Å². The molecule has 2 heterocycles. The molecule has 0 atom stereocenters. The van der Waals surface area contributed by atoms with Gasteiger partial charge in [0.1, 0.15) is 17.6 Å². The summed E-state index contributed by atoms with van der Waals surface area (Å²) in [7, 11) is 0. The van der Waals surface area contributed by atoms with Gasteiger partial charge >= 0.3 is 0 Å². The fraction of sp³-hybridized carbons (Fsp3) is 0.312. The quantitative estimate of drug-likeness (QED) is 0.918. The first kappa shape index (κ1) is 12.8. The third-order valence-corrected chi connectivity index (χ3v) is 3.57. The van der Waals surface area contributed by atoms with Gasteiger partial charge in [-0.2, -0.15) is 5.26 Å². The SMILES string of the molecule is N#Cc1nc(CCc2ccccc2)nc2c1CNCC2. The van der Waals surface area contributed by atoms with Crippen LogP contribution in [-0.2, 0) is 25.8 Å². The molecule has 2 aromatic rings. The van der Waals surface area contributed by atoms with Crippen LogP contribution in [0.5, 0.6) is 0 Å². The van der Waals surface area contributed by atoms with Gasteiger partial charge < -0.3 is 5.32 Å². The van der Waals surface area contributed by atoms with Gasteiger partial charge in [0, 0.05) is 31.5 Å². The van der Waals surface area contributed by atoms with Crippen LogP contribution in [0.25, 0.3) is 0 Å². The van der Waals surface area contributed by atoms with Crippen LogP contribution >= 0.6 is 0 Å². The van der Waals surface area contributed by atoms with Crippen LogP contribution in [-0.4, -0.2) is 16.5 Å². The smallest absolute Gasteiger partial charge is 0.148 e. The first-order chi connectivity index (χ1) is 9.86. The number of hydrogen-bond acceptors (Lipinski definition) is 4. The predicted molar refractivity (Wildman–Crippen MR) is 76.0 cm³/mol. The Hall–Kier alpha value is -2.25. The Balaban J connectivity index is 1.82. The molecule has 0 spiro atoms. The molecule has 0 bridgehead atoms. The van der Waals surface area contributed by atoms with E-state index < -0.39 is 0 Å². The summed E-state index contributed by atoms with van der Waals surface area (Å²) in [6, 6.07) is 12.5. The van der Waals surface area contributed by atoms with Crippen molar-refractivity contribution in [2.45, 2.75) is 25.8 Å². The molecule has 1 aromatic carbocycles. The maximum Gasteiger partial charge on any atom is 0.148 e. The van der Waals surface area contributed by atoms with Gasteiger partial charge in [0.15, 0.2) is 0 Å². The van der Waals surface area contributed by atoms with Crippen molar-refractivity contribution in [3.05, 3.63) is 58.7 Å². The van der Waals surface area contributed by atoms with Crippen LogP contribution in [0.4, 0.5) is 0 Å². The van der Waals surface area contributed by atoms with E-state index in [9.17, 15) is 5.26 Å². The van der Waals surface area contributed by atoms with Gasteiger partial charge in [-0.15, -0.1) is 0 Å². The number of nitrogens with one attached hydrogen (secondary N) is 1. The van der Waals surface area contributed by atoms with E-state index in [-0.39, 0.29) is 0 Å². The summed E-state index contributed by atoms with van der Waals surface area (Å²) in [6.45, 7) is 1.63. The molecule has 1 aliphatic heterocycles. The number of aryl methyl sites for hydroxylation is 2. The first-order valence-electron chi connectivity index (χ1n) is 6.90. The molecule has 0 saturated heterocycles. The summed E-state index contributed by atoms with van der Waals surface area (Å²) >= 11 is 0. The predicted octanol–water partition coefficient (Wildman–Crippen LogP) is 1.78. The van der Waals surface area contributed by atoms with Crippen LogP contribution in [0, 0.1) is 11.3 Å². The van der Waals surface area contributed by atoms with E-state index in [1.54, 1.807) is 0 Å². The lowest BCUT2D eigenvalue weighted by atomic mass is 10.0. The van der Waals surface area contributed by atoms with Crippen LogP contribution in [0.2, 0.25) is 0 Å². The van der Waals surface area contributed by atoms with Crippen LogP contribution in [0.3, 0.4) is 0 Å². The van der Waals surface area contributed by atoms with Crippen molar-refractivity contribution >= 4 is 0 Å². The normalized spacial score (nSPS) is 13.6. The highest BCUT2D eigenvalue weighted by molar-refractivity contribution is 5.36. The molecule has 0 unspecified atom stereocenters. The van der Waals surface area contributed by atoms with Gasteiger partial charge in [-0.05, 0) is 12.0 Å². The van der Waals surface area contributed by atoms with E-state index >= 15 is 0 Å². The van der Waals surface area contributed by atoms with Crippen molar-refractivity contribution in [3.63, 3.8) is 0 Å². The zero-order valence-electron chi connectivity index (χ0n) is 11.3. The molecule has 4 nitrogen and oxygen atoms in total. The second kappa shape index (κ2) is 5.81. The Morgan fingerprint density at radius 2 is 2.00 bits per heavy atom. The second-order valence-electron chi connectivity index (χ2n) is 4.94. The summed E-state index contributed by atoms with van der Waals surface area (Å²) < 4.78 is 0. The zero-order valence-corrected chi connectivity index (χ0v) is 11.3. The standard InChI is InChI=1S/C16H16N4/c17-10-15-13-11-18-9-8-14(13)19-16(20-15)7-6-12-4-2-1-3-5-12/h1-5,18H,6-9,11H2. The Bertz CT molecular complexity index is 644. The zero-order chi connectivity index (χ0) is 13.8. The lowest BCUT2D eigenvalue weighted by Gasteiger charge is -2.17. The van der Waals surface area contributed by atoms with Gasteiger partial charge in [0.2, 0.25) is 0 Å². The number of aromatic nitrogens is 2. The Kier molecular flexibility index (Phi) is 3.71. The molecule has 20 heavy (non-hydrogen) atoms. The van der Waals surface area contributed by atoms with Crippen molar-refractivity contribution in [2.75, 3.05) is 6.54 Å². The minimum atomic E-state index is 0.533. The van der Waals surface area contributed by atoms with E-state index in [4.69, 9.17) is 0 Å². The number of hydrogen-bond donors (Lipinski definition) is 1. The van der Waals surface area contributed by atoms with Gasteiger partial charge in [0.25, 0.3) is 0 Å². The van der Waals surface area contributed by atoms with Crippen LogP contribution in [0.1, 0.15) is 28.3 Å². The lowest BCUT2D eigenvalue weighted by molar-refractivity contribution is 0.616. The monoisotopic (exact) mass is 264 g/mol. The third-order valence-electron chi connectivity index (χ3n) is 3.57. The molecule has 0 fully saturated rings. The summed E-state index contributed by atoms with van der Waals surface area (Å²) in [5.41, 5.74) is 3.82. The van der Waals surface area contributed by atoms with Gasteiger partial charge in [0.05, 0.1) is 5.69 Å². The summed E-state index contributed by atoms with van der Waals surface area (Å²) in [5.74, 6) is 0.783. The maximum atomic E-state index is 9.24. The molecule has 3 rings (SSSR count). The van der Waals surface area contributed by atoms with Crippen molar-refractivity contribution < 1.29 is 0 Å². The average molecular weight is 264 g/mol. The number of benzene rings is 1. The Morgan fingerprint density at radius 3 is 2.80 bits per heavy atom. The molecule has 0 aliphatic carbocycles. The molecule has 0 radical (unpaired) electrons. The highest BCUT2D eigenvalue weighted by Gasteiger charge is 2.17. The maximum absolute atomic E-state index is 9.24. The molecule has 100 valence electrons. The fourth-order valence-corrected chi connectivity index (χ4v) is 2.50. The van der Waals surface area contributed by atoms with E-state index in [1.165, 1.54) is 5.56 Å². The second-order valence-corrected chi connectivity index (χ2v) is 4.94. The highest BCUT2D eigenvalue weighted by atomic mass is 14.9. The molecule has 0 amide bonds. The minimum absolute atomic E-state index is 0.533. The van der Waals surface area contributed by atoms with Gasteiger partial charge in [-0.25, -0.2) is 9.97 Å². The Morgan fingerprint density at radius 1 is 1.15 bits per heavy atom. The number of rotatable bonds is 3. The highest BCUT2D eigenvalue weighted by Crippen LogP contribution is 2.16. The fourth-order valence-electron chi connectivity index (χ4n) is 2.50. The lowest BCUT2D eigenvalue weighted by Crippen LogP contribution is -2.26. The molecular formula is C16H16N4. The van der Waals surface area contributed by atoms with Gasteiger partial charge in [-0.1, -0.05) is 30.3 Å². The first-order valence-corrected chi connectivity index (χ1v) is 6.90. The summed E-state index contributed by atoms with van der Waals surface area (Å²) in [6.07, 6.45) is 2.56. The van der Waals surface area contributed by atoms with Crippen molar-refractivity contribution in [1.82, 2.24) is 15.3 Å². The van der Waals surface area contributed by atoms with E-state index in [1.807, 2.05) is 18.2 Å². The number of fused-ring (bicyclic) bond motifs is 1. The Labute approximate surface area is 118 Å². The molecule has 1 N–H and O–H groups in total. The van der Waals surface area contributed by atoms with Crippen molar-refractivity contribution in [1.29, 1.82) is 5.26 Å². The summed E-state index contributed by atoms with van der Waals surface area (Å²) in [5, 5.41) is 12.5. The van der Waals surface area contributed by atoms with Crippen molar-refractivity contribution in [3.8, 4) is 6.07 Å². The molecule has 1 aromatic heterocycles. The van der Waals surface area contributed by atoms with Crippen molar-refractivity contribution in [2.24, 2.45) is 0 Å². The molecule has 0 saturated carbocycles.